The van der Waals surface area contributed by atoms with Crippen molar-refractivity contribution in [3.8, 4) is 0 Å². The van der Waals surface area contributed by atoms with Crippen LogP contribution in [-0.4, -0.2) is 91.9 Å². The van der Waals surface area contributed by atoms with Gasteiger partial charge in [0.2, 0.25) is 0 Å². The Kier molecular flexibility index (Phi) is 18.2. The first-order valence-electron chi connectivity index (χ1n) is 24.9. The van der Waals surface area contributed by atoms with Gasteiger partial charge in [-0.2, -0.15) is 11.1 Å². The Balaban J connectivity index is 0.000000257. The van der Waals surface area contributed by atoms with E-state index in [0.717, 1.165) is 18.4 Å². The van der Waals surface area contributed by atoms with Crippen LogP contribution in [0.3, 0.4) is 0 Å². The molecule has 2 heterocycles. The number of allylic oxidation sites excluding steroid dienone is 2. The Morgan fingerprint density at radius 3 is 1.32 bits per heavy atom. The molecule has 8 nitrogen and oxygen atoms in total. The summed E-state index contributed by atoms with van der Waals surface area (Å²) in [5.41, 5.74) is -0.353. The van der Waals surface area contributed by atoms with Crippen LogP contribution in [0.15, 0.2) is 22.3 Å². The Labute approximate surface area is 474 Å². The molecule has 0 aromatic carbocycles. The van der Waals surface area contributed by atoms with Gasteiger partial charge in [0.25, 0.3) is 0 Å². The second-order valence-electron chi connectivity index (χ2n) is 24.8. The minimum absolute atomic E-state index is 0. The molecule has 8 rings (SSSR count). The summed E-state index contributed by atoms with van der Waals surface area (Å²) in [7, 11) is -2.08. The van der Waals surface area contributed by atoms with Crippen molar-refractivity contribution in [2.24, 2.45) is 80.8 Å². The molecule has 2 aliphatic heterocycles. The van der Waals surface area contributed by atoms with Gasteiger partial charge in [-0.15, -0.1) is 0 Å². The fraction of sp³-hybridized carbons (Fsp3) is 0.885. The van der Waals surface area contributed by atoms with Crippen molar-refractivity contribution in [2.75, 3.05) is 13.2 Å². The normalized spacial score (nSPS) is 49.1. The Morgan fingerprint density at radius 2 is 0.969 bits per heavy atom. The van der Waals surface area contributed by atoms with Crippen molar-refractivity contribution in [3.05, 3.63) is 22.3 Å². The van der Waals surface area contributed by atoms with E-state index in [1.807, 2.05) is 6.92 Å². The maximum atomic E-state index is 14.4. The summed E-state index contributed by atoms with van der Waals surface area (Å²) < 4.78 is 18.8. The van der Waals surface area contributed by atoms with Crippen LogP contribution in [0.25, 0.3) is 0 Å². The first-order chi connectivity index (χ1) is 28.6. The molecule has 4 saturated carbocycles. The number of halogens is 1. The summed E-state index contributed by atoms with van der Waals surface area (Å²) in [4.78, 5) is 28.5. The van der Waals surface area contributed by atoms with E-state index in [2.05, 4.69) is 130 Å². The number of ketones is 2. The molecule has 18 unspecified atom stereocenters. The molecular weight excluding hydrogens is 1300 g/mol. The van der Waals surface area contributed by atoms with Crippen LogP contribution in [0.1, 0.15) is 136 Å². The number of Topliss-reactive ketones (excluding diaryl/α,β-unsaturated/α-hetero) is 2. The van der Waals surface area contributed by atoms with Crippen molar-refractivity contribution >= 4 is 39.8 Å². The van der Waals surface area contributed by atoms with E-state index in [9.17, 15) is 24.9 Å². The molecule has 0 aromatic rings. The van der Waals surface area contributed by atoms with Crippen molar-refractivity contribution in [3.63, 3.8) is 0 Å². The summed E-state index contributed by atoms with van der Waals surface area (Å²) in [6, 6.07) is 0. The van der Waals surface area contributed by atoms with Crippen LogP contribution >= 0.6 is 11.1 Å². The number of aliphatic hydroxyl groups is 3. The van der Waals surface area contributed by atoms with Gasteiger partial charge in [0.05, 0.1) is 36.6 Å². The van der Waals surface area contributed by atoms with Crippen molar-refractivity contribution in [1.29, 1.82) is 0 Å². The van der Waals surface area contributed by atoms with Gasteiger partial charge in [-0.1, -0.05) is 132 Å². The number of hydrogen-bond donors (Lipinski definition) is 3. The van der Waals surface area contributed by atoms with Crippen molar-refractivity contribution in [1.82, 2.24) is 0 Å². The van der Waals surface area contributed by atoms with E-state index in [0.29, 0.717) is 31.1 Å². The van der Waals surface area contributed by atoms with E-state index in [-0.39, 0.29) is 171 Å². The van der Waals surface area contributed by atoms with Gasteiger partial charge in [0.1, 0.15) is 30.9 Å². The van der Waals surface area contributed by atoms with Gasteiger partial charge in [0, 0.05) is 133 Å². The molecule has 8 aliphatic rings. The largest absolute Gasteiger partial charge is 0.414 e. The third-order valence-corrected chi connectivity index (χ3v) is 21.3. The van der Waals surface area contributed by atoms with E-state index in [1.165, 1.54) is 16.7 Å². The molecule has 4 bridgehead atoms. The number of rotatable bonds is 2. The molecule has 0 aromatic heterocycles. The molecule has 6 aliphatic carbocycles. The first kappa shape index (κ1) is 59.7. The fourth-order valence-electron chi connectivity index (χ4n) is 16.8. The van der Waals surface area contributed by atoms with Gasteiger partial charge < -0.3 is 29.2 Å². The van der Waals surface area contributed by atoms with Gasteiger partial charge >= 0.3 is 0 Å². The van der Waals surface area contributed by atoms with Crippen LogP contribution in [0.5, 0.6) is 0 Å². The Bertz CT molecular complexity index is 1900. The van der Waals surface area contributed by atoms with Crippen LogP contribution in [0, 0.1) is 169 Å². The molecule has 6 fully saturated rings. The monoisotopic (exact) mass is 1390 g/mol. The number of fused-ring (bicyclic) bond motifs is 10. The standard InChI is InChI=1S/C26H44O4Si.C24H38O4.C2H7ClSi.2Ac/c1-14-12-26(30-31(9)10)18(5)21-24(8,15(2)11-19-25(21,28)13-29-19)22(27)17(4)20(16(14)3)23(26,6)7;1-12-10-24(27)16(5)19-22(8,13(2)9-17-23(19,26)11-28-17)20(25)15(4)18(14(12)3)21(24,6)7;1-4(2)3;;/h14-15,17-19,21,28,31H,11-13H2,1-10H3;12-13,15-17,19,26-27H,9-11H2,1-8H3;4H,1-2H3;;. The topological polar surface area (TPSA) is 123 Å². The Hall–Kier alpha value is 2.19. The van der Waals surface area contributed by atoms with E-state index < -0.39 is 55.8 Å². The van der Waals surface area contributed by atoms with Crippen LogP contribution < -0.4 is 0 Å². The molecular formula is C52H89Ac2ClO8Si2. The zero-order valence-electron chi connectivity index (χ0n) is 44.2. The molecule has 0 spiro atoms. The smallest absolute Gasteiger partial charge is 0.171 e. The predicted molar refractivity (Wildman–Crippen MR) is 260 cm³/mol. The van der Waals surface area contributed by atoms with Gasteiger partial charge in [-0.3, -0.25) is 9.59 Å². The van der Waals surface area contributed by atoms with E-state index in [4.69, 9.17) is 25.0 Å². The van der Waals surface area contributed by atoms with E-state index in [1.54, 1.807) is 0 Å². The number of hydrogen-bond acceptors (Lipinski definition) is 8. The molecule has 13 heteroatoms. The van der Waals surface area contributed by atoms with Crippen molar-refractivity contribution in [2.45, 2.75) is 197 Å². The third-order valence-electron chi connectivity index (χ3n) is 20.4. The summed E-state index contributed by atoms with van der Waals surface area (Å²) in [6.45, 7) is 44.0. The number of ether oxygens (including phenoxy) is 2. The zero-order chi connectivity index (χ0) is 47.9. The van der Waals surface area contributed by atoms with Crippen molar-refractivity contribution < 1.29 is 127 Å². The number of carbonyl (C=O) groups excluding carboxylic acids is 2. The summed E-state index contributed by atoms with van der Waals surface area (Å²) in [5.74, 6) is 0.310. The Morgan fingerprint density at radius 1 is 0.615 bits per heavy atom. The SMILES string of the molecule is CC1=C2C(C)C(=O)C3(C)C(C)CC4OCC4(O)C3C(C)C(O)(CC1C)C2(C)C.CC1=C2C(C)C(=O)C3(C)C(C)CC4OCC4(O)C3C(C)C(O[SiH](C)C)(CC1C)C2(C)C.C[SiH](C)Cl.[Ac].[Ac]. The van der Waals surface area contributed by atoms with Crippen LogP contribution in [0.2, 0.25) is 26.2 Å². The van der Waals surface area contributed by atoms with Crippen LogP contribution in [0.4, 0.5) is 0 Å². The fourth-order valence-corrected chi connectivity index (χ4v) is 18.3. The first-order valence-corrected chi connectivity index (χ1v) is 31.7. The van der Waals surface area contributed by atoms with E-state index >= 15 is 0 Å². The molecule has 2 radical (unpaired) electrons. The maximum Gasteiger partial charge on any atom is 0.171 e. The second kappa shape index (κ2) is 19.8. The minimum atomic E-state index is -1.41. The summed E-state index contributed by atoms with van der Waals surface area (Å²) >= 11 is 5.41. The molecule has 366 valence electrons. The molecule has 3 N–H and O–H groups in total. The zero-order valence-corrected chi connectivity index (χ0v) is 56.8. The number of carbonyl (C=O) groups is 2. The average molecular weight is 1390 g/mol. The predicted octanol–water partition coefficient (Wildman–Crippen LogP) is 9.71. The molecule has 65 heavy (non-hydrogen) atoms. The molecule has 2 saturated heterocycles. The minimum Gasteiger partial charge on any atom is -0.414 e. The van der Waals surface area contributed by atoms with Gasteiger partial charge in [0.15, 0.2) is 9.04 Å². The molecule has 18 atom stereocenters. The average Bonchev–Trinajstić information content (AvgIpc) is 3.16. The van der Waals surface area contributed by atoms with Gasteiger partial charge in [-0.05, 0) is 88.1 Å². The maximum absolute atomic E-state index is 14.4. The second-order valence-corrected chi connectivity index (χ2v) is 31.8. The summed E-state index contributed by atoms with van der Waals surface area (Å²) in [5, 5.41) is 36.0. The summed E-state index contributed by atoms with van der Waals surface area (Å²) in [6.07, 6.45) is 2.67. The van der Waals surface area contributed by atoms with Gasteiger partial charge in [-0.25, -0.2) is 0 Å². The molecule has 0 amide bonds. The third kappa shape index (κ3) is 8.49. The quantitative estimate of drug-likeness (QED) is 0.142. The van der Waals surface area contributed by atoms with Crippen LogP contribution in [-0.2, 0) is 23.5 Å².